The third-order valence-corrected chi connectivity index (χ3v) is 3.39. The molecular weight excluding hydrogens is 361 g/mol. The lowest BCUT2D eigenvalue weighted by atomic mass is 10.2. The molecule has 0 aromatic heterocycles. The second-order valence-corrected chi connectivity index (χ2v) is 5.33. The van der Waals surface area contributed by atoms with Gasteiger partial charge in [-0.25, -0.2) is 0 Å². The molecule has 0 spiro atoms. The fourth-order valence-corrected chi connectivity index (χ4v) is 2.03. The van der Waals surface area contributed by atoms with Crippen molar-refractivity contribution in [2.75, 3.05) is 10.6 Å². The summed E-state index contributed by atoms with van der Waals surface area (Å²) >= 11 is 11.6. The summed E-state index contributed by atoms with van der Waals surface area (Å²) in [6, 6.07) is 7.29. The molecule has 2 amide bonds. The van der Waals surface area contributed by atoms with E-state index in [0.29, 0.717) is 0 Å². The summed E-state index contributed by atoms with van der Waals surface area (Å²) in [5, 5.41) is 24.9. The van der Waals surface area contributed by atoms with Gasteiger partial charge in [-0.3, -0.25) is 19.7 Å². The molecule has 2 rings (SSSR count). The standard InChI is InChI=1S/C14H9Cl2N3O5/c15-7-1-4-12(20)11(5-7)18-14(22)13(21)17-10-6-8(19(23)24)2-3-9(10)16/h1-6,20H,(H,17,21)(H,18,22). The summed E-state index contributed by atoms with van der Waals surface area (Å²) in [6.07, 6.45) is 0. The number of benzene rings is 2. The smallest absolute Gasteiger partial charge is 0.314 e. The molecule has 0 aliphatic heterocycles. The minimum absolute atomic E-state index is 0.0207. The second kappa shape index (κ2) is 7.16. The first-order valence-corrected chi connectivity index (χ1v) is 7.08. The van der Waals surface area contributed by atoms with Gasteiger partial charge in [0.15, 0.2) is 0 Å². The van der Waals surface area contributed by atoms with Gasteiger partial charge in [0.1, 0.15) is 5.75 Å². The predicted octanol–water partition coefficient (Wildman–Crippen LogP) is 3.18. The maximum atomic E-state index is 11.9. The molecule has 3 N–H and O–H groups in total. The van der Waals surface area contributed by atoms with Crippen molar-refractivity contribution in [3.05, 3.63) is 56.6 Å². The van der Waals surface area contributed by atoms with Crippen molar-refractivity contribution < 1.29 is 19.6 Å². The maximum absolute atomic E-state index is 11.9. The van der Waals surface area contributed by atoms with Gasteiger partial charge in [-0.05, 0) is 24.3 Å². The zero-order valence-corrected chi connectivity index (χ0v) is 13.3. The summed E-state index contributed by atoms with van der Waals surface area (Å²) in [5.41, 5.74) is -0.461. The number of amides is 2. The Balaban J connectivity index is 2.15. The maximum Gasteiger partial charge on any atom is 0.314 e. The Morgan fingerprint density at radius 1 is 1.00 bits per heavy atom. The number of halogens is 2. The van der Waals surface area contributed by atoms with Gasteiger partial charge in [0.25, 0.3) is 5.69 Å². The van der Waals surface area contributed by atoms with Gasteiger partial charge in [-0.15, -0.1) is 0 Å². The summed E-state index contributed by atoms with van der Waals surface area (Å²) in [4.78, 5) is 33.8. The van der Waals surface area contributed by atoms with Crippen LogP contribution in [0, 0.1) is 10.1 Å². The lowest BCUT2D eigenvalue weighted by Crippen LogP contribution is -2.29. The number of carbonyl (C=O) groups is 2. The van der Waals surface area contributed by atoms with Crippen molar-refractivity contribution in [2.45, 2.75) is 0 Å². The zero-order valence-electron chi connectivity index (χ0n) is 11.7. The van der Waals surface area contributed by atoms with Gasteiger partial charge in [0.05, 0.1) is 21.3 Å². The van der Waals surface area contributed by atoms with E-state index in [9.17, 15) is 24.8 Å². The highest BCUT2D eigenvalue weighted by Gasteiger charge is 2.18. The number of phenols is 1. The van der Waals surface area contributed by atoms with E-state index in [2.05, 4.69) is 10.6 Å². The molecular formula is C14H9Cl2N3O5. The molecule has 10 heteroatoms. The minimum Gasteiger partial charge on any atom is -0.506 e. The Morgan fingerprint density at radius 2 is 1.62 bits per heavy atom. The molecule has 8 nitrogen and oxygen atoms in total. The van der Waals surface area contributed by atoms with E-state index in [4.69, 9.17) is 23.2 Å². The summed E-state index contributed by atoms with van der Waals surface area (Å²) in [6.45, 7) is 0. The molecule has 124 valence electrons. The number of aromatic hydroxyl groups is 1. The zero-order chi connectivity index (χ0) is 17.9. The molecule has 0 aliphatic rings. The topological polar surface area (TPSA) is 122 Å². The van der Waals surface area contributed by atoms with Crippen LogP contribution in [-0.2, 0) is 9.59 Å². The van der Waals surface area contributed by atoms with Crippen molar-refractivity contribution in [3.8, 4) is 5.75 Å². The molecule has 0 saturated carbocycles. The number of hydrogen-bond acceptors (Lipinski definition) is 5. The molecule has 2 aromatic rings. The fourth-order valence-electron chi connectivity index (χ4n) is 1.69. The fraction of sp³-hybridized carbons (Fsp3) is 0. The highest BCUT2D eigenvalue weighted by molar-refractivity contribution is 6.45. The lowest BCUT2D eigenvalue weighted by molar-refractivity contribution is -0.384. The molecule has 0 saturated heterocycles. The van der Waals surface area contributed by atoms with Crippen molar-refractivity contribution in [3.63, 3.8) is 0 Å². The van der Waals surface area contributed by atoms with Crippen LogP contribution in [0.5, 0.6) is 5.75 Å². The third kappa shape index (κ3) is 4.12. The Labute approximate surface area is 145 Å². The SMILES string of the molecule is O=C(Nc1cc(Cl)ccc1O)C(=O)Nc1cc([N+](=O)[O-])ccc1Cl. The van der Waals surface area contributed by atoms with Gasteiger partial charge in [0, 0.05) is 17.2 Å². The number of hydrogen-bond donors (Lipinski definition) is 3. The molecule has 0 fully saturated rings. The number of nitrogens with one attached hydrogen (secondary N) is 2. The van der Waals surface area contributed by atoms with Crippen molar-refractivity contribution in [1.82, 2.24) is 0 Å². The van der Waals surface area contributed by atoms with Gasteiger partial charge in [0.2, 0.25) is 0 Å². The number of non-ortho nitro benzene ring substituents is 1. The van der Waals surface area contributed by atoms with E-state index in [1.807, 2.05) is 0 Å². The molecule has 0 aliphatic carbocycles. The summed E-state index contributed by atoms with van der Waals surface area (Å²) < 4.78 is 0. The average molecular weight is 370 g/mol. The number of nitrogens with zero attached hydrogens (tertiary/aromatic N) is 1. The number of carbonyl (C=O) groups excluding carboxylic acids is 2. The van der Waals surface area contributed by atoms with E-state index in [1.54, 1.807) is 0 Å². The van der Waals surface area contributed by atoms with Crippen LogP contribution >= 0.6 is 23.2 Å². The number of anilines is 2. The average Bonchev–Trinajstić information content (AvgIpc) is 2.52. The minimum atomic E-state index is -1.13. The second-order valence-electron chi connectivity index (χ2n) is 4.49. The normalized spacial score (nSPS) is 10.1. The quantitative estimate of drug-likeness (QED) is 0.332. The predicted molar refractivity (Wildman–Crippen MR) is 88.5 cm³/mol. The summed E-state index contributed by atoms with van der Waals surface area (Å²) in [5.74, 6) is -2.53. The molecule has 0 radical (unpaired) electrons. The molecule has 2 aromatic carbocycles. The first-order valence-electron chi connectivity index (χ1n) is 6.32. The van der Waals surface area contributed by atoms with E-state index >= 15 is 0 Å². The van der Waals surface area contributed by atoms with Crippen LogP contribution in [0.4, 0.5) is 17.1 Å². The lowest BCUT2D eigenvalue weighted by Gasteiger charge is -2.09. The van der Waals surface area contributed by atoms with E-state index in [0.717, 1.165) is 12.1 Å². The van der Waals surface area contributed by atoms with E-state index in [1.165, 1.54) is 24.3 Å². The van der Waals surface area contributed by atoms with Crippen LogP contribution in [0.1, 0.15) is 0 Å². The van der Waals surface area contributed by atoms with Gasteiger partial charge in [-0.2, -0.15) is 0 Å². The van der Waals surface area contributed by atoms with Crippen LogP contribution in [0.25, 0.3) is 0 Å². The highest BCUT2D eigenvalue weighted by atomic mass is 35.5. The molecule has 0 heterocycles. The third-order valence-electron chi connectivity index (χ3n) is 2.82. The van der Waals surface area contributed by atoms with Crippen molar-refractivity contribution >= 4 is 52.1 Å². The first-order chi connectivity index (χ1) is 11.3. The van der Waals surface area contributed by atoms with Gasteiger partial charge < -0.3 is 15.7 Å². The Hall–Kier alpha value is -2.84. The molecule has 0 atom stereocenters. The monoisotopic (exact) mass is 369 g/mol. The number of phenolic OH excluding ortho intramolecular Hbond substituents is 1. The number of rotatable bonds is 3. The van der Waals surface area contributed by atoms with Gasteiger partial charge >= 0.3 is 11.8 Å². The Kier molecular flexibility index (Phi) is 5.22. The Morgan fingerprint density at radius 3 is 2.25 bits per heavy atom. The number of nitro benzene ring substituents is 1. The van der Waals surface area contributed by atoms with Crippen LogP contribution in [0.2, 0.25) is 10.0 Å². The van der Waals surface area contributed by atoms with Crippen LogP contribution in [-0.4, -0.2) is 21.8 Å². The van der Waals surface area contributed by atoms with Crippen LogP contribution < -0.4 is 10.6 Å². The van der Waals surface area contributed by atoms with Crippen LogP contribution in [0.15, 0.2) is 36.4 Å². The molecule has 0 bridgehead atoms. The Bertz CT molecular complexity index is 841. The van der Waals surface area contributed by atoms with E-state index < -0.39 is 16.7 Å². The molecule has 0 unspecified atom stereocenters. The van der Waals surface area contributed by atoms with Gasteiger partial charge in [-0.1, -0.05) is 23.2 Å². The van der Waals surface area contributed by atoms with Crippen LogP contribution in [0.3, 0.4) is 0 Å². The van der Waals surface area contributed by atoms with Crippen molar-refractivity contribution in [1.29, 1.82) is 0 Å². The molecule has 24 heavy (non-hydrogen) atoms. The largest absolute Gasteiger partial charge is 0.506 e. The highest BCUT2D eigenvalue weighted by Crippen LogP contribution is 2.28. The first kappa shape index (κ1) is 17.5. The summed E-state index contributed by atoms with van der Waals surface area (Å²) in [7, 11) is 0. The van der Waals surface area contributed by atoms with Crippen molar-refractivity contribution in [2.24, 2.45) is 0 Å². The number of nitro groups is 1. The van der Waals surface area contributed by atoms with E-state index in [-0.39, 0.29) is 32.9 Å².